The summed E-state index contributed by atoms with van der Waals surface area (Å²) >= 11 is 0. The van der Waals surface area contributed by atoms with E-state index < -0.39 is 10.0 Å². The number of nitrogens with one attached hydrogen (secondary N) is 1. The Morgan fingerprint density at radius 1 is 1.56 bits per heavy atom. The zero-order valence-corrected chi connectivity index (χ0v) is 9.27. The van der Waals surface area contributed by atoms with E-state index in [0.717, 1.165) is 0 Å². The van der Waals surface area contributed by atoms with Crippen molar-refractivity contribution in [2.45, 2.75) is 6.54 Å². The van der Waals surface area contributed by atoms with E-state index in [1.807, 2.05) is 0 Å². The highest BCUT2D eigenvalue weighted by atomic mass is 32.2. The smallest absolute Gasteiger partial charge is 0.241 e. The van der Waals surface area contributed by atoms with Crippen LogP contribution < -0.4 is 16.2 Å². The Hall–Kier alpha value is -1.61. The van der Waals surface area contributed by atoms with Crippen LogP contribution in [0.25, 0.3) is 0 Å². The number of nitrogens with zero attached hydrogens (tertiary/aromatic N) is 2. The molecular weight excluding hydrogens is 234 g/mol. The highest BCUT2D eigenvalue weighted by molar-refractivity contribution is 7.89. The molecule has 0 atom stereocenters. The molecule has 0 saturated carbocycles. The second-order valence-corrected chi connectivity index (χ2v) is 4.89. The van der Waals surface area contributed by atoms with Crippen LogP contribution in [0, 0.1) is 0 Å². The normalized spacial score (nSPS) is 11.3. The lowest BCUT2D eigenvalue weighted by atomic mass is 10.5. The van der Waals surface area contributed by atoms with E-state index in [0.29, 0.717) is 5.82 Å². The van der Waals surface area contributed by atoms with Gasteiger partial charge in [-0.05, 0) is 6.07 Å². The molecule has 5 N–H and O–H groups in total. The van der Waals surface area contributed by atoms with Gasteiger partial charge in [-0.25, -0.2) is 13.6 Å². The Labute approximate surface area is 92.7 Å². The third-order valence-corrected chi connectivity index (χ3v) is 2.45. The maximum absolute atomic E-state index is 11.3. The molecule has 0 aliphatic carbocycles. The number of carbonyl (C=O) groups is 1. The Kier molecular flexibility index (Phi) is 3.85. The fourth-order valence-electron chi connectivity index (χ4n) is 1.00. The average molecular weight is 247 g/mol. The molecule has 0 radical (unpaired) electrons. The molecule has 0 aliphatic rings. The Morgan fingerprint density at radius 3 is 2.75 bits per heavy atom. The van der Waals surface area contributed by atoms with Gasteiger partial charge in [0, 0.05) is 12.7 Å². The predicted octanol–water partition coefficient (Wildman–Crippen LogP) is -2.13. The average Bonchev–Trinajstić information content (AvgIpc) is 2.48. The van der Waals surface area contributed by atoms with E-state index in [2.05, 4.69) is 10.4 Å². The molecule has 0 unspecified atom stereocenters. The molecule has 0 saturated heterocycles. The predicted molar refractivity (Wildman–Crippen MR) is 57.6 cm³/mol. The number of sulfonamides is 1. The first-order chi connectivity index (χ1) is 7.37. The highest BCUT2D eigenvalue weighted by Crippen LogP contribution is 1.94. The molecule has 0 aromatic carbocycles. The van der Waals surface area contributed by atoms with Gasteiger partial charge < -0.3 is 11.1 Å². The maximum Gasteiger partial charge on any atom is 0.241 e. The van der Waals surface area contributed by atoms with Crippen molar-refractivity contribution in [1.29, 1.82) is 0 Å². The molecule has 0 aliphatic heterocycles. The summed E-state index contributed by atoms with van der Waals surface area (Å²) in [6.07, 6.45) is 1.55. The van der Waals surface area contributed by atoms with Gasteiger partial charge in [-0.1, -0.05) is 0 Å². The molecule has 0 fully saturated rings. The van der Waals surface area contributed by atoms with E-state index in [9.17, 15) is 13.2 Å². The van der Waals surface area contributed by atoms with Gasteiger partial charge >= 0.3 is 0 Å². The van der Waals surface area contributed by atoms with Gasteiger partial charge in [-0.2, -0.15) is 5.10 Å². The molecule has 0 bridgehead atoms. The van der Waals surface area contributed by atoms with Crippen LogP contribution in [0.15, 0.2) is 12.3 Å². The number of carbonyl (C=O) groups excluding carboxylic acids is 1. The minimum atomic E-state index is -3.55. The van der Waals surface area contributed by atoms with Crippen molar-refractivity contribution in [3.8, 4) is 0 Å². The van der Waals surface area contributed by atoms with Crippen LogP contribution >= 0.6 is 0 Å². The molecule has 16 heavy (non-hydrogen) atoms. The second-order valence-electron chi connectivity index (χ2n) is 3.16. The maximum atomic E-state index is 11.3. The van der Waals surface area contributed by atoms with Gasteiger partial charge in [0.05, 0.1) is 5.75 Å². The van der Waals surface area contributed by atoms with Gasteiger partial charge in [0.1, 0.15) is 12.4 Å². The number of hydrogen-bond acceptors (Lipinski definition) is 5. The minimum Gasteiger partial charge on any atom is -0.382 e. The zero-order chi connectivity index (χ0) is 12.2. The van der Waals surface area contributed by atoms with Crippen LogP contribution in [0.1, 0.15) is 0 Å². The number of anilines is 1. The molecule has 1 heterocycles. The van der Waals surface area contributed by atoms with Crippen LogP contribution in [0.3, 0.4) is 0 Å². The third-order valence-electron chi connectivity index (χ3n) is 1.68. The van der Waals surface area contributed by atoms with Crippen LogP contribution in [0.5, 0.6) is 0 Å². The van der Waals surface area contributed by atoms with Gasteiger partial charge in [-0.15, -0.1) is 0 Å². The lowest BCUT2D eigenvalue weighted by molar-refractivity contribution is -0.121. The van der Waals surface area contributed by atoms with E-state index in [-0.39, 0.29) is 24.7 Å². The lowest BCUT2D eigenvalue weighted by Gasteiger charge is -2.03. The first kappa shape index (κ1) is 12.5. The molecule has 1 aromatic heterocycles. The van der Waals surface area contributed by atoms with Crippen molar-refractivity contribution in [3.63, 3.8) is 0 Å². The lowest BCUT2D eigenvalue weighted by Crippen LogP contribution is -2.33. The standard InChI is InChI=1S/C7H13N5O3S/c8-6-1-3-12(11-6)5-7(13)10-2-4-16(9,14)15/h1,3H,2,4-5H2,(H2,8,11)(H,10,13)(H2,9,14,15). The quantitative estimate of drug-likeness (QED) is 0.546. The molecule has 9 heteroatoms. The summed E-state index contributed by atoms with van der Waals surface area (Å²) in [6, 6.07) is 1.55. The number of nitrogen functional groups attached to an aromatic ring is 1. The number of primary sulfonamides is 1. The fourth-order valence-corrected chi connectivity index (χ4v) is 1.39. The van der Waals surface area contributed by atoms with Crippen molar-refractivity contribution in [3.05, 3.63) is 12.3 Å². The Bertz CT molecular complexity index is 466. The van der Waals surface area contributed by atoms with E-state index in [1.165, 1.54) is 4.68 Å². The van der Waals surface area contributed by atoms with E-state index in [1.54, 1.807) is 12.3 Å². The molecular formula is C7H13N5O3S. The Morgan fingerprint density at radius 2 is 2.25 bits per heavy atom. The van der Waals surface area contributed by atoms with Crippen molar-refractivity contribution in [2.24, 2.45) is 5.14 Å². The second kappa shape index (κ2) is 4.94. The zero-order valence-electron chi connectivity index (χ0n) is 8.46. The highest BCUT2D eigenvalue weighted by Gasteiger charge is 2.06. The fraction of sp³-hybridized carbons (Fsp3) is 0.429. The molecule has 90 valence electrons. The third kappa shape index (κ3) is 4.75. The van der Waals surface area contributed by atoms with Crippen molar-refractivity contribution in [2.75, 3.05) is 18.0 Å². The van der Waals surface area contributed by atoms with E-state index in [4.69, 9.17) is 10.9 Å². The summed E-state index contributed by atoms with van der Waals surface area (Å²) in [5.74, 6) is -0.330. The number of hydrogen-bond donors (Lipinski definition) is 3. The summed E-state index contributed by atoms with van der Waals surface area (Å²) in [7, 11) is -3.55. The van der Waals surface area contributed by atoms with Gasteiger partial charge in [0.15, 0.2) is 0 Å². The van der Waals surface area contributed by atoms with Crippen molar-refractivity contribution in [1.82, 2.24) is 15.1 Å². The van der Waals surface area contributed by atoms with E-state index >= 15 is 0 Å². The number of amides is 1. The SMILES string of the molecule is Nc1ccn(CC(=O)NCCS(N)(=O)=O)n1. The summed E-state index contributed by atoms with van der Waals surface area (Å²) in [4.78, 5) is 11.3. The van der Waals surface area contributed by atoms with Gasteiger partial charge in [-0.3, -0.25) is 9.48 Å². The van der Waals surface area contributed by atoms with Crippen molar-refractivity contribution < 1.29 is 13.2 Å². The van der Waals surface area contributed by atoms with Crippen LogP contribution in [-0.2, 0) is 21.4 Å². The molecule has 1 amide bonds. The molecule has 0 spiro atoms. The molecule has 8 nitrogen and oxygen atoms in total. The largest absolute Gasteiger partial charge is 0.382 e. The topological polar surface area (TPSA) is 133 Å². The Balaban J connectivity index is 2.32. The number of aromatic nitrogens is 2. The summed E-state index contributed by atoms with van der Waals surface area (Å²) < 4.78 is 22.5. The first-order valence-corrected chi connectivity index (χ1v) is 6.14. The molecule has 1 rings (SSSR count). The van der Waals surface area contributed by atoms with Gasteiger partial charge in [0.25, 0.3) is 0 Å². The number of rotatable bonds is 5. The summed E-state index contributed by atoms with van der Waals surface area (Å²) in [6.45, 7) is -0.0315. The molecule has 1 aromatic rings. The summed E-state index contributed by atoms with van der Waals surface area (Å²) in [5.41, 5.74) is 5.35. The summed E-state index contributed by atoms with van der Waals surface area (Å²) in [5, 5.41) is 11.0. The van der Waals surface area contributed by atoms with Crippen LogP contribution in [0.2, 0.25) is 0 Å². The first-order valence-electron chi connectivity index (χ1n) is 4.43. The van der Waals surface area contributed by atoms with Crippen molar-refractivity contribution >= 4 is 21.7 Å². The van der Waals surface area contributed by atoms with Crippen LogP contribution in [-0.4, -0.2) is 36.4 Å². The van der Waals surface area contributed by atoms with Gasteiger partial charge in [0.2, 0.25) is 15.9 Å². The minimum absolute atomic E-state index is 0.0121. The number of nitrogens with two attached hydrogens (primary N) is 2. The van der Waals surface area contributed by atoms with Crippen LogP contribution in [0.4, 0.5) is 5.82 Å². The monoisotopic (exact) mass is 247 g/mol.